The van der Waals surface area contributed by atoms with Crippen LogP contribution in [0.5, 0.6) is 0 Å². The molecule has 0 bridgehead atoms. The molecule has 1 aromatic rings. The first-order valence-electron chi connectivity index (χ1n) is 4.85. The van der Waals surface area contributed by atoms with Crippen molar-refractivity contribution >= 4 is 34.5 Å². The van der Waals surface area contributed by atoms with E-state index >= 15 is 0 Å². The molecule has 1 aromatic carbocycles. The number of anilines is 2. The third kappa shape index (κ3) is 1.99. The van der Waals surface area contributed by atoms with E-state index in [0.717, 1.165) is 16.4 Å². The molecule has 15 heavy (non-hydrogen) atoms. The third-order valence-electron chi connectivity index (χ3n) is 2.41. The lowest BCUT2D eigenvalue weighted by Crippen LogP contribution is -2.29. The van der Waals surface area contributed by atoms with Crippen molar-refractivity contribution in [1.29, 1.82) is 0 Å². The number of fused-ring (bicyclic) bond motifs is 1. The van der Waals surface area contributed by atoms with Crippen LogP contribution in [0, 0.1) is 0 Å². The van der Waals surface area contributed by atoms with Crippen molar-refractivity contribution in [1.82, 2.24) is 0 Å². The van der Waals surface area contributed by atoms with Crippen molar-refractivity contribution in [2.24, 2.45) is 0 Å². The number of amides is 1. The number of nitrogens with one attached hydrogen (secondary N) is 1. The van der Waals surface area contributed by atoms with Crippen LogP contribution in [0.15, 0.2) is 24.3 Å². The molecule has 0 fully saturated rings. The summed E-state index contributed by atoms with van der Waals surface area (Å²) >= 11 is 5.16. The van der Waals surface area contributed by atoms with Gasteiger partial charge in [-0.15, -0.1) is 0 Å². The Labute approximate surface area is 94.1 Å². The molecule has 1 aliphatic heterocycles. The average molecular weight is 220 g/mol. The van der Waals surface area contributed by atoms with Crippen LogP contribution >= 0.6 is 12.2 Å². The van der Waals surface area contributed by atoms with Gasteiger partial charge in [-0.2, -0.15) is 0 Å². The van der Waals surface area contributed by atoms with Crippen LogP contribution in [0.3, 0.4) is 0 Å². The van der Waals surface area contributed by atoms with Gasteiger partial charge in [0.05, 0.1) is 16.4 Å². The minimum atomic E-state index is 0.0500. The fraction of sp³-hybridized carbons (Fsp3) is 0.273. The SMILES string of the molecule is CC(=O)N1CCC(=S)Nc2ccccc21. The van der Waals surface area contributed by atoms with Gasteiger partial charge in [-0.05, 0) is 12.1 Å². The molecule has 0 aliphatic carbocycles. The van der Waals surface area contributed by atoms with Gasteiger partial charge < -0.3 is 10.2 Å². The number of rotatable bonds is 0. The van der Waals surface area contributed by atoms with Crippen molar-refractivity contribution in [3.05, 3.63) is 24.3 Å². The maximum absolute atomic E-state index is 11.5. The van der Waals surface area contributed by atoms with Crippen LogP contribution < -0.4 is 10.2 Å². The summed E-state index contributed by atoms with van der Waals surface area (Å²) in [5, 5.41) is 3.14. The molecule has 0 atom stereocenters. The van der Waals surface area contributed by atoms with Crippen LogP contribution in [0.25, 0.3) is 0 Å². The Kier molecular flexibility index (Phi) is 2.68. The standard InChI is InChI=1S/C11H12N2OS/c1-8(14)13-7-6-11(15)12-9-4-2-3-5-10(9)13/h2-5H,6-7H2,1H3,(H,12,15). The third-order valence-corrected chi connectivity index (χ3v) is 2.72. The summed E-state index contributed by atoms with van der Waals surface area (Å²) in [7, 11) is 0. The normalized spacial score (nSPS) is 15.3. The van der Waals surface area contributed by atoms with Crippen molar-refractivity contribution in [3.8, 4) is 0 Å². The number of hydrogen-bond donors (Lipinski definition) is 1. The molecule has 78 valence electrons. The molecule has 0 radical (unpaired) electrons. The second kappa shape index (κ2) is 3.98. The zero-order valence-corrected chi connectivity index (χ0v) is 9.30. The van der Waals surface area contributed by atoms with Gasteiger partial charge in [-0.3, -0.25) is 4.79 Å². The van der Waals surface area contributed by atoms with Crippen LogP contribution in [0.1, 0.15) is 13.3 Å². The van der Waals surface area contributed by atoms with Gasteiger partial charge >= 0.3 is 0 Å². The summed E-state index contributed by atoms with van der Waals surface area (Å²) in [6.45, 7) is 2.23. The van der Waals surface area contributed by atoms with Crippen LogP contribution in [0.2, 0.25) is 0 Å². The number of carbonyl (C=O) groups is 1. The molecule has 0 aromatic heterocycles. The van der Waals surface area contributed by atoms with Gasteiger partial charge in [0.1, 0.15) is 0 Å². The molecule has 0 saturated heterocycles. The van der Waals surface area contributed by atoms with E-state index in [0.29, 0.717) is 13.0 Å². The van der Waals surface area contributed by atoms with E-state index in [9.17, 15) is 4.79 Å². The van der Waals surface area contributed by atoms with E-state index in [1.54, 1.807) is 11.8 Å². The van der Waals surface area contributed by atoms with Gasteiger partial charge in [0.15, 0.2) is 0 Å². The van der Waals surface area contributed by atoms with Gasteiger partial charge in [0.2, 0.25) is 5.91 Å². The predicted molar refractivity (Wildman–Crippen MR) is 65.3 cm³/mol. The molecule has 0 saturated carbocycles. The predicted octanol–water partition coefficient (Wildman–Crippen LogP) is 2.18. The van der Waals surface area contributed by atoms with E-state index in [4.69, 9.17) is 12.2 Å². The van der Waals surface area contributed by atoms with Gasteiger partial charge in [-0.25, -0.2) is 0 Å². The monoisotopic (exact) mass is 220 g/mol. The van der Waals surface area contributed by atoms with Crippen molar-refractivity contribution < 1.29 is 4.79 Å². The Bertz CT molecular complexity index is 417. The Balaban J connectivity index is 2.46. The molecule has 0 unspecified atom stereocenters. The first kappa shape index (κ1) is 10.1. The van der Waals surface area contributed by atoms with E-state index in [-0.39, 0.29) is 5.91 Å². The molecule has 1 amide bonds. The summed E-state index contributed by atoms with van der Waals surface area (Å²) in [6, 6.07) is 7.71. The first-order valence-corrected chi connectivity index (χ1v) is 5.26. The molecule has 1 aliphatic rings. The summed E-state index contributed by atoms with van der Waals surface area (Å²) in [5.41, 5.74) is 1.82. The van der Waals surface area contributed by atoms with Crippen LogP contribution in [-0.4, -0.2) is 17.4 Å². The summed E-state index contributed by atoms with van der Waals surface area (Å²) in [6.07, 6.45) is 0.712. The largest absolute Gasteiger partial charge is 0.348 e. The highest BCUT2D eigenvalue weighted by atomic mass is 32.1. The van der Waals surface area contributed by atoms with Crippen molar-refractivity contribution in [2.45, 2.75) is 13.3 Å². The van der Waals surface area contributed by atoms with E-state index in [1.807, 2.05) is 24.3 Å². The second-order valence-corrected chi connectivity index (χ2v) is 3.98. The number of thiocarbonyl (C=S) groups is 1. The number of benzene rings is 1. The molecule has 1 heterocycles. The van der Waals surface area contributed by atoms with E-state index < -0.39 is 0 Å². The average Bonchev–Trinajstić information content (AvgIpc) is 2.35. The lowest BCUT2D eigenvalue weighted by molar-refractivity contribution is -0.116. The fourth-order valence-corrected chi connectivity index (χ4v) is 1.89. The van der Waals surface area contributed by atoms with Crippen LogP contribution in [0.4, 0.5) is 11.4 Å². The Morgan fingerprint density at radius 1 is 1.47 bits per heavy atom. The number of para-hydroxylation sites is 2. The lowest BCUT2D eigenvalue weighted by atomic mass is 10.2. The van der Waals surface area contributed by atoms with E-state index in [1.165, 1.54) is 0 Å². The number of carbonyl (C=O) groups excluding carboxylic acids is 1. The highest BCUT2D eigenvalue weighted by Gasteiger charge is 2.19. The molecular formula is C11H12N2OS. The van der Waals surface area contributed by atoms with Crippen molar-refractivity contribution in [2.75, 3.05) is 16.8 Å². The van der Waals surface area contributed by atoms with E-state index in [2.05, 4.69) is 5.32 Å². The Morgan fingerprint density at radius 2 is 2.20 bits per heavy atom. The summed E-state index contributed by atoms with van der Waals surface area (Å²) < 4.78 is 0. The summed E-state index contributed by atoms with van der Waals surface area (Å²) in [5.74, 6) is 0.0500. The molecule has 1 N–H and O–H groups in total. The molecular weight excluding hydrogens is 208 g/mol. The molecule has 2 rings (SSSR count). The number of nitrogens with zero attached hydrogens (tertiary/aromatic N) is 1. The minimum Gasteiger partial charge on any atom is -0.348 e. The minimum absolute atomic E-state index is 0.0500. The quantitative estimate of drug-likeness (QED) is 0.680. The first-order chi connectivity index (χ1) is 7.18. The highest BCUT2D eigenvalue weighted by Crippen LogP contribution is 2.28. The Morgan fingerprint density at radius 3 is 2.93 bits per heavy atom. The van der Waals surface area contributed by atoms with Gasteiger partial charge in [0.25, 0.3) is 0 Å². The van der Waals surface area contributed by atoms with Gasteiger partial charge in [-0.1, -0.05) is 24.4 Å². The Hall–Kier alpha value is -1.42. The highest BCUT2D eigenvalue weighted by molar-refractivity contribution is 7.80. The molecule has 0 spiro atoms. The van der Waals surface area contributed by atoms with Crippen LogP contribution in [-0.2, 0) is 4.79 Å². The van der Waals surface area contributed by atoms with Crippen molar-refractivity contribution in [3.63, 3.8) is 0 Å². The second-order valence-electron chi connectivity index (χ2n) is 3.49. The maximum Gasteiger partial charge on any atom is 0.223 e. The summed E-state index contributed by atoms with van der Waals surface area (Å²) in [4.78, 5) is 14.0. The zero-order valence-electron chi connectivity index (χ0n) is 8.49. The maximum atomic E-state index is 11.5. The zero-order chi connectivity index (χ0) is 10.8. The lowest BCUT2D eigenvalue weighted by Gasteiger charge is -2.19. The smallest absolute Gasteiger partial charge is 0.223 e. The van der Waals surface area contributed by atoms with Gasteiger partial charge in [0, 0.05) is 19.9 Å². The number of hydrogen-bond acceptors (Lipinski definition) is 2. The molecule has 3 nitrogen and oxygen atoms in total. The topological polar surface area (TPSA) is 32.3 Å². The molecule has 4 heteroatoms. The fourth-order valence-electron chi connectivity index (χ4n) is 1.69.